The molecule has 1 aromatic rings. The highest BCUT2D eigenvalue weighted by Gasteiger charge is 2.29. The number of aliphatic hydroxyl groups is 1. The Labute approximate surface area is 140 Å². The van der Waals surface area contributed by atoms with Gasteiger partial charge in [-0.1, -0.05) is 44.2 Å². The number of benzene rings is 1. The predicted octanol–water partition coefficient (Wildman–Crippen LogP) is 3.28. The first-order valence-corrected chi connectivity index (χ1v) is 8.42. The molecule has 0 unspecified atom stereocenters. The summed E-state index contributed by atoms with van der Waals surface area (Å²) in [7, 11) is 3.46. The standard InChI is InChI=1S/C19H32O4/c1-15(9-8-12-20)19(22-4)16(2)18(21-3)14-23-13-17-10-6-5-7-11-17/h5-7,10-11,15-16,18-20H,8-9,12-14H2,1-4H3/t15-,16+,18-,19-/m0/s1. The fourth-order valence-corrected chi connectivity index (χ4v) is 3.06. The molecule has 0 aliphatic heterocycles. The van der Waals surface area contributed by atoms with E-state index >= 15 is 0 Å². The van der Waals surface area contributed by atoms with Crippen LogP contribution in [0.2, 0.25) is 0 Å². The molecule has 0 saturated heterocycles. The second-order valence-electron chi connectivity index (χ2n) is 6.18. The molecule has 0 bridgehead atoms. The van der Waals surface area contributed by atoms with E-state index in [4.69, 9.17) is 19.3 Å². The number of methoxy groups -OCH3 is 2. The second-order valence-corrected chi connectivity index (χ2v) is 6.18. The Kier molecular flexibility index (Phi) is 10.1. The molecule has 4 nitrogen and oxygen atoms in total. The average molecular weight is 324 g/mol. The van der Waals surface area contributed by atoms with Gasteiger partial charge in [0, 0.05) is 26.7 Å². The molecule has 1 aromatic carbocycles. The maximum atomic E-state index is 9.00. The summed E-state index contributed by atoms with van der Waals surface area (Å²) in [4.78, 5) is 0. The van der Waals surface area contributed by atoms with E-state index in [9.17, 15) is 0 Å². The van der Waals surface area contributed by atoms with E-state index in [2.05, 4.69) is 26.0 Å². The molecular formula is C19H32O4. The van der Waals surface area contributed by atoms with Gasteiger partial charge in [0.2, 0.25) is 0 Å². The van der Waals surface area contributed by atoms with Crippen LogP contribution < -0.4 is 0 Å². The maximum absolute atomic E-state index is 9.00. The summed E-state index contributed by atoms with van der Waals surface area (Å²) in [6, 6.07) is 10.1. The maximum Gasteiger partial charge on any atom is 0.0855 e. The van der Waals surface area contributed by atoms with Crippen molar-refractivity contribution in [1.29, 1.82) is 0 Å². The number of hydrogen-bond acceptors (Lipinski definition) is 4. The summed E-state index contributed by atoms with van der Waals surface area (Å²) < 4.78 is 17.2. The van der Waals surface area contributed by atoms with Crippen molar-refractivity contribution in [3.63, 3.8) is 0 Å². The lowest BCUT2D eigenvalue weighted by Gasteiger charge is -2.33. The van der Waals surface area contributed by atoms with Crippen LogP contribution in [0, 0.1) is 11.8 Å². The highest BCUT2D eigenvalue weighted by molar-refractivity contribution is 5.13. The van der Waals surface area contributed by atoms with Crippen molar-refractivity contribution in [3.05, 3.63) is 35.9 Å². The minimum Gasteiger partial charge on any atom is -0.396 e. The van der Waals surface area contributed by atoms with E-state index in [1.807, 2.05) is 18.2 Å². The van der Waals surface area contributed by atoms with Crippen LogP contribution >= 0.6 is 0 Å². The fraction of sp³-hybridized carbons (Fsp3) is 0.684. The second kappa shape index (κ2) is 11.6. The topological polar surface area (TPSA) is 47.9 Å². The molecule has 0 saturated carbocycles. The molecular weight excluding hydrogens is 292 g/mol. The van der Waals surface area contributed by atoms with E-state index in [1.54, 1.807) is 14.2 Å². The zero-order valence-electron chi connectivity index (χ0n) is 14.9. The molecule has 4 atom stereocenters. The molecule has 0 amide bonds. The first-order valence-electron chi connectivity index (χ1n) is 8.42. The van der Waals surface area contributed by atoms with Crippen LogP contribution in [0.4, 0.5) is 0 Å². The average Bonchev–Trinajstić information content (AvgIpc) is 2.58. The van der Waals surface area contributed by atoms with E-state index < -0.39 is 0 Å². The van der Waals surface area contributed by atoms with Crippen LogP contribution in [-0.2, 0) is 20.8 Å². The molecule has 0 aliphatic rings. The Balaban J connectivity index is 2.49. The summed E-state index contributed by atoms with van der Waals surface area (Å²) in [6.07, 6.45) is 1.82. The monoisotopic (exact) mass is 324 g/mol. The lowest BCUT2D eigenvalue weighted by molar-refractivity contribution is -0.0819. The lowest BCUT2D eigenvalue weighted by atomic mass is 9.86. The summed E-state index contributed by atoms with van der Waals surface area (Å²) in [5, 5.41) is 9.00. The van der Waals surface area contributed by atoms with E-state index in [1.165, 1.54) is 0 Å². The quantitative estimate of drug-likeness (QED) is 0.641. The van der Waals surface area contributed by atoms with Crippen molar-refractivity contribution in [3.8, 4) is 0 Å². The molecule has 23 heavy (non-hydrogen) atoms. The SMILES string of the molecule is CO[C@H]([C@H](C)[C@H](COCc1ccccc1)OC)[C@@H](C)CCCO. The highest BCUT2D eigenvalue weighted by Crippen LogP contribution is 2.24. The van der Waals surface area contributed by atoms with Gasteiger partial charge in [0.05, 0.1) is 25.4 Å². The largest absolute Gasteiger partial charge is 0.396 e. The number of ether oxygens (including phenoxy) is 3. The summed E-state index contributed by atoms with van der Waals surface area (Å²) in [5.74, 6) is 0.586. The van der Waals surface area contributed by atoms with Gasteiger partial charge in [0.15, 0.2) is 0 Å². The van der Waals surface area contributed by atoms with Gasteiger partial charge < -0.3 is 19.3 Å². The zero-order chi connectivity index (χ0) is 17.1. The van der Waals surface area contributed by atoms with Crippen molar-refractivity contribution >= 4 is 0 Å². The highest BCUT2D eigenvalue weighted by atomic mass is 16.5. The van der Waals surface area contributed by atoms with Gasteiger partial charge in [-0.3, -0.25) is 0 Å². The zero-order valence-corrected chi connectivity index (χ0v) is 14.9. The van der Waals surface area contributed by atoms with E-state index in [-0.39, 0.29) is 24.7 Å². The van der Waals surface area contributed by atoms with Gasteiger partial charge in [-0.25, -0.2) is 0 Å². The van der Waals surface area contributed by atoms with Gasteiger partial charge in [-0.05, 0) is 24.3 Å². The van der Waals surface area contributed by atoms with Crippen LogP contribution in [0.3, 0.4) is 0 Å². The molecule has 0 fully saturated rings. The van der Waals surface area contributed by atoms with Crippen LogP contribution in [0.25, 0.3) is 0 Å². The molecule has 0 spiro atoms. The molecule has 0 aromatic heterocycles. The third-order valence-electron chi connectivity index (χ3n) is 4.45. The van der Waals surface area contributed by atoms with Crippen LogP contribution in [0.5, 0.6) is 0 Å². The fourth-order valence-electron chi connectivity index (χ4n) is 3.06. The van der Waals surface area contributed by atoms with Crippen molar-refractivity contribution in [2.75, 3.05) is 27.4 Å². The minimum atomic E-state index is -0.0137. The van der Waals surface area contributed by atoms with Gasteiger partial charge in [0.1, 0.15) is 0 Å². The molecule has 4 heteroatoms. The number of hydrogen-bond donors (Lipinski definition) is 1. The van der Waals surface area contributed by atoms with Crippen molar-refractivity contribution < 1.29 is 19.3 Å². The van der Waals surface area contributed by atoms with Gasteiger partial charge in [0.25, 0.3) is 0 Å². The van der Waals surface area contributed by atoms with Crippen molar-refractivity contribution in [1.82, 2.24) is 0 Å². The molecule has 132 valence electrons. The molecule has 0 aliphatic carbocycles. The van der Waals surface area contributed by atoms with Gasteiger partial charge in [-0.15, -0.1) is 0 Å². The summed E-state index contributed by atoms with van der Waals surface area (Å²) >= 11 is 0. The third-order valence-corrected chi connectivity index (χ3v) is 4.45. The van der Waals surface area contributed by atoms with Crippen LogP contribution in [-0.4, -0.2) is 44.7 Å². The summed E-state index contributed by atoms with van der Waals surface area (Å²) in [6.45, 7) is 5.66. The number of aliphatic hydroxyl groups excluding tert-OH is 1. The normalized spacial score (nSPS) is 16.7. The molecule has 1 rings (SSSR count). The first kappa shape index (κ1) is 20.1. The Morgan fingerprint density at radius 2 is 1.74 bits per heavy atom. The van der Waals surface area contributed by atoms with Crippen molar-refractivity contribution in [2.24, 2.45) is 11.8 Å². The van der Waals surface area contributed by atoms with Gasteiger partial charge >= 0.3 is 0 Å². The third kappa shape index (κ3) is 7.00. The van der Waals surface area contributed by atoms with E-state index in [0.717, 1.165) is 18.4 Å². The van der Waals surface area contributed by atoms with E-state index in [0.29, 0.717) is 19.1 Å². The Morgan fingerprint density at radius 3 is 2.30 bits per heavy atom. The lowest BCUT2D eigenvalue weighted by Crippen LogP contribution is -2.39. The molecule has 0 heterocycles. The predicted molar refractivity (Wildman–Crippen MR) is 92.3 cm³/mol. The van der Waals surface area contributed by atoms with Gasteiger partial charge in [-0.2, -0.15) is 0 Å². The molecule has 0 radical (unpaired) electrons. The first-order chi connectivity index (χ1) is 11.1. The van der Waals surface area contributed by atoms with Crippen LogP contribution in [0.1, 0.15) is 32.3 Å². The smallest absolute Gasteiger partial charge is 0.0855 e. The number of rotatable bonds is 12. The Morgan fingerprint density at radius 1 is 1.04 bits per heavy atom. The Hall–Kier alpha value is -0.940. The summed E-state index contributed by atoms with van der Waals surface area (Å²) in [5.41, 5.74) is 1.16. The Bertz CT molecular complexity index is 396. The van der Waals surface area contributed by atoms with Crippen molar-refractivity contribution in [2.45, 2.75) is 45.5 Å². The van der Waals surface area contributed by atoms with Crippen LogP contribution in [0.15, 0.2) is 30.3 Å². The molecule has 1 N–H and O–H groups in total. The minimum absolute atomic E-state index is 0.0137.